The third kappa shape index (κ3) is 2.27. The van der Waals surface area contributed by atoms with E-state index in [1.54, 1.807) is 6.08 Å². The molecule has 1 fully saturated rings. The molecule has 0 radical (unpaired) electrons. The van der Waals surface area contributed by atoms with Gasteiger partial charge < -0.3 is 0 Å². The fraction of sp³-hybridized carbons (Fsp3) is 0.800. The molecule has 86 valence electrons. The van der Waals surface area contributed by atoms with E-state index >= 15 is 0 Å². The van der Waals surface area contributed by atoms with Crippen molar-refractivity contribution >= 4 is 0 Å². The highest BCUT2D eigenvalue weighted by Crippen LogP contribution is 2.38. The monoisotopic (exact) mass is 221 g/mol. The second-order valence-corrected chi connectivity index (χ2v) is 4.02. The molecule has 1 saturated carbocycles. The minimum Gasteiger partial charge on any atom is -0.262 e. The van der Waals surface area contributed by atoms with Crippen LogP contribution in [0.25, 0.3) is 0 Å². The summed E-state index contributed by atoms with van der Waals surface area (Å²) in [6.45, 7) is 0.0470. The summed E-state index contributed by atoms with van der Waals surface area (Å²) in [5.74, 6) is 0.0304. The molecule has 0 spiro atoms. The summed E-state index contributed by atoms with van der Waals surface area (Å²) in [5.41, 5.74) is 0.321. The zero-order chi connectivity index (χ0) is 10.9. The minimum absolute atomic E-state index is 0.0304. The second kappa shape index (κ2) is 4.04. The van der Waals surface area contributed by atoms with Gasteiger partial charge in [0.2, 0.25) is 0 Å². The van der Waals surface area contributed by atoms with Crippen LogP contribution in [-0.2, 0) is 4.84 Å². The van der Waals surface area contributed by atoms with E-state index in [2.05, 4.69) is 4.84 Å². The average molecular weight is 221 g/mol. The third-order valence-electron chi connectivity index (χ3n) is 2.98. The van der Waals surface area contributed by atoms with Crippen molar-refractivity contribution in [1.82, 2.24) is 5.06 Å². The van der Waals surface area contributed by atoms with Crippen molar-refractivity contribution in [2.24, 2.45) is 5.92 Å². The number of nitrogens with zero attached hydrogens (tertiary/aromatic N) is 1. The predicted molar refractivity (Wildman–Crippen MR) is 48.5 cm³/mol. The van der Waals surface area contributed by atoms with E-state index in [0.29, 0.717) is 5.70 Å². The number of rotatable bonds is 1. The molecule has 1 aliphatic heterocycles. The lowest BCUT2D eigenvalue weighted by atomic mass is 9.87. The number of halogens is 3. The van der Waals surface area contributed by atoms with Crippen LogP contribution in [0.4, 0.5) is 13.2 Å². The first kappa shape index (κ1) is 10.8. The molecule has 2 nitrogen and oxygen atoms in total. The zero-order valence-electron chi connectivity index (χ0n) is 8.39. The molecule has 0 saturated heterocycles. The SMILES string of the molecule is FC(F)(F)N1OCC=C1C1CCCCC1. The van der Waals surface area contributed by atoms with Gasteiger partial charge in [0.15, 0.2) is 0 Å². The molecule has 2 rings (SSSR count). The van der Waals surface area contributed by atoms with E-state index in [9.17, 15) is 13.2 Å². The van der Waals surface area contributed by atoms with Gasteiger partial charge in [0.05, 0.1) is 12.3 Å². The van der Waals surface area contributed by atoms with E-state index in [-0.39, 0.29) is 17.6 Å². The van der Waals surface area contributed by atoms with Crippen molar-refractivity contribution in [3.05, 3.63) is 11.8 Å². The number of hydrogen-bond acceptors (Lipinski definition) is 2. The van der Waals surface area contributed by atoms with Gasteiger partial charge in [0, 0.05) is 5.92 Å². The minimum atomic E-state index is -4.40. The van der Waals surface area contributed by atoms with E-state index in [0.717, 1.165) is 32.1 Å². The zero-order valence-corrected chi connectivity index (χ0v) is 8.39. The van der Waals surface area contributed by atoms with Gasteiger partial charge in [-0.3, -0.25) is 4.84 Å². The molecule has 0 aromatic heterocycles. The Hall–Kier alpha value is -0.710. The highest BCUT2D eigenvalue weighted by molar-refractivity contribution is 5.09. The predicted octanol–water partition coefficient (Wildman–Crippen LogP) is 3.22. The lowest BCUT2D eigenvalue weighted by Crippen LogP contribution is -2.36. The smallest absolute Gasteiger partial charge is 0.262 e. The maximum Gasteiger partial charge on any atom is 0.508 e. The fourth-order valence-corrected chi connectivity index (χ4v) is 2.31. The molecule has 0 N–H and O–H groups in total. The van der Waals surface area contributed by atoms with Gasteiger partial charge >= 0.3 is 6.30 Å². The number of alkyl halides is 3. The second-order valence-electron chi connectivity index (χ2n) is 4.02. The van der Waals surface area contributed by atoms with Crippen LogP contribution in [0, 0.1) is 5.92 Å². The Morgan fingerprint density at radius 3 is 2.47 bits per heavy atom. The maximum absolute atomic E-state index is 12.5. The van der Waals surface area contributed by atoms with Gasteiger partial charge in [-0.25, -0.2) is 0 Å². The molecule has 0 aromatic rings. The highest BCUT2D eigenvalue weighted by atomic mass is 19.4. The lowest BCUT2D eigenvalue weighted by Gasteiger charge is -2.30. The molecule has 15 heavy (non-hydrogen) atoms. The van der Waals surface area contributed by atoms with Gasteiger partial charge in [-0.1, -0.05) is 19.3 Å². The Morgan fingerprint density at radius 2 is 1.87 bits per heavy atom. The number of allylic oxidation sites excluding steroid dienone is 1. The average Bonchev–Trinajstić information content (AvgIpc) is 2.67. The Labute approximate surface area is 86.6 Å². The van der Waals surface area contributed by atoms with E-state index in [4.69, 9.17) is 0 Å². The van der Waals surface area contributed by atoms with E-state index in [1.165, 1.54) is 0 Å². The van der Waals surface area contributed by atoms with Crippen LogP contribution in [0.1, 0.15) is 32.1 Å². The summed E-state index contributed by atoms with van der Waals surface area (Å²) in [4.78, 5) is 4.60. The van der Waals surface area contributed by atoms with Crippen LogP contribution in [0.15, 0.2) is 11.8 Å². The van der Waals surface area contributed by atoms with Crippen molar-refractivity contribution in [2.75, 3.05) is 6.61 Å². The topological polar surface area (TPSA) is 12.5 Å². The Kier molecular flexibility index (Phi) is 2.91. The summed E-state index contributed by atoms with van der Waals surface area (Å²) < 4.78 is 37.6. The van der Waals surface area contributed by atoms with E-state index < -0.39 is 6.30 Å². The van der Waals surface area contributed by atoms with Crippen LogP contribution in [0.5, 0.6) is 0 Å². The molecule has 1 heterocycles. The van der Waals surface area contributed by atoms with Crippen molar-refractivity contribution in [3.63, 3.8) is 0 Å². The quantitative estimate of drug-likeness (QED) is 0.630. The van der Waals surface area contributed by atoms with Crippen LogP contribution in [0.2, 0.25) is 0 Å². The Balaban J connectivity index is 2.06. The van der Waals surface area contributed by atoms with Crippen molar-refractivity contribution in [3.8, 4) is 0 Å². The first-order valence-corrected chi connectivity index (χ1v) is 5.29. The number of hydroxylamine groups is 2. The van der Waals surface area contributed by atoms with Crippen molar-refractivity contribution in [2.45, 2.75) is 38.4 Å². The first-order chi connectivity index (χ1) is 7.09. The summed E-state index contributed by atoms with van der Waals surface area (Å²) >= 11 is 0. The third-order valence-corrected chi connectivity index (χ3v) is 2.98. The molecule has 0 amide bonds. The summed E-state index contributed by atoms with van der Waals surface area (Å²) in [6, 6.07) is 0. The van der Waals surface area contributed by atoms with Crippen LogP contribution in [0.3, 0.4) is 0 Å². The van der Waals surface area contributed by atoms with Crippen LogP contribution in [-0.4, -0.2) is 18.0 Å². The van der Waals surface area contributed by atoms with Crippen LogP contribution < -0.4 is 0 Å². The summed E-state index contributed by atoms with van der Waals surface area (Å²) in [6.07, 6.45) is 2.03. The molecular weight excluding hydrogens is 207 g/mol. The Bertz CT molecular complexity index is 256. The van der Waals surface area contributed by atoms with E-state index in [1.807, 2.05) is 0 Å². The van der Waals surface area contributed by atoms with Gasteiger partial charge in [-0.15, -0.1) is 13.2 Å². The normalized spacial score (nSPS) is 24.5. The van der Waals surface area contributed by atoms with Gasteiger partial charge in [0.1, 0.15) is 0 Å². The molecule has 5 heteroatoms. The van der Waals surface area contributed by atoms with Crippen molar-refractivity contribution < 1.29 is 18.0 Å². The molecule has 0 bridgehead atoms. The van der Waals surface area contributed by atoms with Crippen LogP contribution >= 0.6 is 0 Å². The molecule has 0 atom stereocenters. The van der Waals surface area contributed by atoms with Crippen molar-refractivity contribution in [1.29, 1.82) is 0 Å². The number of hydrogen-bond donors (Lipinski definition) is 0. The summed E-state index contributed by atoms with van der Waals surface area (Å²) in [7, 11) is 0. The molecule has 0 aromatic carbocycles. The molecule has 0 unspecified atom stereocenters. The Morgan fingerprint density at radius 1 is 1.20 bits per heavy atom. The first-order valence-electron chi connectivity index (χ1n) is 5.29. The molecule has 1 aliphatic carbocycles. The highest BCUT2D eigenvalue weighted by Gasteiger charge is 2.44. The molecule has 2 aliphatic rings. The largest absolute Gasteiger partial charge is 0.508 e. The standard InChI is InChI=1S/C10H14F3NO/c11-10(12,13)14-9(6-7-15-14)8-4-2-1-3-5-8/h6,8H,1-5,7H2. The van der Waals surface area contributed by atoms with Gasteiger partial charge in [-0.2, -0.15) is 5.06 Å². The maximum atomic E-state index is 12.5. The lowest BCUT2D eigenvalue weighted by molar-refractivity contribution is -0.346. The summed E-state index contributed by atoms with van der Waals surface area (Å²) in [5, 5.41) is 0.142. The van der Waals surface area contributed by atoms with Gasteiger partial charge in [0.25, 0.3) is 0 Å². The molecular formula is C10H14F3NO. The fourth-order valence-electron chi connectivity index (χ4n) is 2.31. The van der Waals surface area contributed by atoms with Gasteiger partial charge in [-0.05, 0) is 18.9 Å².